The fourth-order valence-electron chi connectivity index (χ4n) is 5.37. The molecule has 1 aromatic heterocycles. The van der Waals surface area contributed by atoms with E-state index >= 15 is 0 Å². The maximum Gasteiger partial charge on any atom is 0.273 e. The molecule has 5 aromatic rings. The van der Waals surface area contributed by atoms with Gasteiger partial charge in [-0.25, -0.2) is 4.98 Å². The van der Waals surface area contributed by atoms with Crippen LogP contribution in [0.5, 0.6) is 0 Å². The zero-order chi connectivity index (χ0) is 23.1. The van der Waals surface area contributed by atoms with Crippen molar-refractivity contribution < 1.29 is 4.92 Å². The van der Waals surface area contributed by atoms with Crippen LogP contribution in [0.25, 0.3) is 17.2 Å². The SMILES string of the molecule is O=[N+]([O-])c1ccccc1C1C=Cn2c(nc3ccccc32)C1(c1ccccc1)c1ccccc1. The molecule has 0 aliphatic carbocycles. The lowest BCUT2D eigenvalue weighted by atomic mass is 9.61. The standard InChI is InChI=1S/C29H21N3O2/c33-32(34)26-17-9-7-15-23(26)24-19-20-31-27-18-10-8-16-25(27)30-28(31)29(24,21-11-3-1-4-12-21)22-13-5-2-6-14-22/h1-20,24H. The predicted octanol–water partition coefficient (Wildman–Crippen LogP) is 6.55. The van der Waals surface area contributed by atoms with Gasteiger partial charge in [-0.2, -0.15) is 0 Å². The smallest absolute Gasteiger partial charge is 0.273 e. The summed E-state index contributed by atoms with van der Waals surface area (Å²) in [6.45, 7) is 0. The monoisotopic (exact) mass is 443 g/mol. The minimum atomic E-state index is -0.775. The van der Waals surface area contributed by atoms with E-state index in [-0.39, 0.29) is 16.5 Å². The van der Waals surface area contributed by atoms with Gasteiger partial charge in [0.05, 0.1) is 21.4 Å². The second-order valence-corrected chi connectivity index (χ2v) is 8.47. The highest BCUT2D eigenvalue weighted by atomic mass is 16.6. The van der Waals surface area contributed by atoms with E-state index in [1.807, 2.05) is 72.9 Å². The molecule has 5 heteroatoms. The fraction of sp³-hybridized carbons (Fsp3) is 0.0690. The van der Waals surface area contributed by atoms with E-state index in [1.54, 1.807) is 12.1 Å². The molecule has 5 nitrogen and oxygen atoms in total. The first-order valence-corrected chi connectivity index (χ1v) is 11.2. The van der Waals surface area contributed by atoms with Gasteiger partial charge in [0.15, 0.2) is 0 Å². The van der Waals surface area contributed by atoms with E-state index < -0.39 is 5.41 Å². The summed E-state index contributed by atoms with van der Waals surface area (Å²) < 4.78 is 2.13. The van der Waals surface area contributed by atoms with Gasteiger partial charge < -0.3 is 4.57 Å². The molecule has 2 heterocycles. The number of hydrogen-bond acceptors (Lipinski definition) is 3. The van der Waals surface area contributed by atoms with Crippen molar-refractivity contribution in [1.29, 1.82) is 0 Å². The zero-order valence-electron chi connectivity index (χ0n) is 18.3. The lowest BCUT2D eigenvalue weighted by Gasteiger charge is -2.42. The maximum atomic E-state index is 12.1. The maximum absolute atomic E-state index is 12.1. The number of rotatable bonds is 4. The van der Waals surface area contributed by atoms with Crippen LogP contribution < -0.4 is 0 Å². The molecule has 0 saturated carbocycles. The average molecular weight is 444 g/mol. The van der Waals surface area contributed by atoms with E-state index in [2.05, 4.69) is 41.0 Å². The van der Waals surface area contributed by atoms with Crippen LogP contribution in [0.1, 0.15) is 28.4 Å². The molecule has 0 amide bonds. The number of hydrogen-bond donors (Lipinski definition) is 0. The Bertz CT molecular complexity index is 1500. The van der Waals surface area contributed by atoms with Crippen molar-refractivity contribution in [3.05, 3.63) is 148 Å². The van der Waals surface area contributed by atoms with Crippen molar-refractivity contribution in [2.75, 3.05) is 0 Å². The lowest BCUT2D eigenvalue weighted by molar-refractivity contribution is -0.385. The molecule has 0 saturated heterocycles. The molecule has 34 heavy (non-hydrogen) atoms. The van der Waals surface area contributed by atoms with Crippen molar-refractivity contribution >= 4 is 22.9 Å². The number of nitro groups is 1. The van der Waals surface area contributed by atoms with Crippen molar-refractivity contribution in [2.45, 2.75) is 11.3 Å². The first-order chi connectivity index (χ1) is 16.7. The second-order valence-electron chi connectivity index (χ2n) is 8.47. The molecule has 1 atom stereocenters. The number of allylic oxidation sites excluding steroid dienone is 1. The van der Waals surface area contributed by atoms with E-state index in [0.29, 0.717) is 5.56 Å². The van der Waals surface area contributed by atoms with Crippen molar-refractivity contribution in [2.24, 2.45) is 0 Å². The van der Waals surface area contributed by atoms with E-state index in [0.717, 1.165) is 28.0 Å². The average Bonchev–Trinajstić information content (AvgIpc) is 3.28. The molecule has 1 aliphatic rings. The summed E-state index contributed by atoms with van der Waals surface area (Å²) in [5.74, 6) is 0.500. The second kappa shape index (κ2) is 7.81. The predicted molar refractivity (Wildman–Crippen MR) is 134 cm³/mol. The largest absolute Gasteiger partial charge is 0.302 e. The van der Waals surface area contributed by atoms with Crippen molar-refractivity contribution in [3.63, 3.8) is 0 Å². The Morgan fingerprint density at radius 1 is 0.765 bits per heavy atom. The number of fused-ring (bicyclic) bond motifs is 3. The normalized spacial score (nSPS) is 16.3. The Morgan fingerprint density at radius 3 is 2.03 bits per heavy atom. The molecule has 1 unspecified atom stereocenters. The number of para-hydroxylation sites is 3. The molecule has 1 aliphatic heterocycles. The fourth-order valence-corrected chi connectivity index (χ4v) is 5.37. The van der Waals surface area contributed by atoms with Crippen molar-refractivity contribution in [3.8, 4) is 0 Å². The lowest BCUT2D eigenvalue weighted by Crippen LogP contribution is -2.40. The molecule has 6 rings (SSSR count). The number of nitrogens with zero attached hydrogens (tertiary/aromatic N) is 3. The van der Waals surface area contributed by atoms with Crippen LogP contribution in [0.3, 0.4) is 0 Å². The van der Waals surface area contributed by atoms with Crippen LogP contribution in [0.4, 0.5) is 5.69 Å². The first kappa shape index (κ1) is 20.1. The van der Waals surface area contributed by atoms with E-state index in [1.165, 1.54) is 0 Å². The van der Waals surface area contributed by atoms with Crippen LogP contribution in [-0.2, 0) is 5.41 Å². The Hall–Kier alpha value is -4.51. The number of imidazole rings is 1. The van der Waals surface area contributed by atoms with Gasteiger partial charge >= 0.3 is 0 Å². The van der Waals surface area contributed by atoms with Gasteiger partial charge in [-0.15, -0.1) is 0 Å². The molecular formula is C29H21N3O2. The topological polar surface area (TPSA) is 61.0 Å². The molecule has 4 aromatic carbocycles. The molecule has 0 spiro atoms. The Labute approximate surface area is 196 Å². The summed E-state index contributed by atoms with van der Waals surface area (Å²) in [4.78, 5) is 17.0. The number of aromatic nitrogens is 2. The quantitative estimate of drug-likeness (QED) is 0.234. The molecule has 0 bridgehead atoms. The third-order valence-corrected chi connectivity index (χ3v) is 6.77. The van der Waals surface area contributed by atoms with Crippen LogP contribution >= 0.6 is 0 Å². The highest BCUT2D eigenvalue weighted by Crippen LogP contribution is 2.54. The summed E-state index contributed by atoms with van der Waals surface area (Å²) in [5.41, 5.74) is 3.96. The molecule has 164 valence electrons. The van der Waals surface area contributed by atoms with Gasteiger partial charge in [-0.3, -0.25) is 10.1 Å². The van der Waals surface area contributed by atoms with Gasteiger partial charge in [0.25, 0.3) is 5.69 Å². The van der Waals surface area contributed by atoms with Gasteiger partial charge in [0.1, 0.15) is 5.82 Å². The van der Waals surface area contributed by atoms with Crippen LogP contribution in [-0.4, -0.2) is 14.5 Å². The Morgan fingerprint density at radius 2 is 1.35 bits per heavy atom. The third-order valence-electron chi connectivity index (χ3n) is 6.77. The van der Waals surface area contributed by atoms with Crippen LogP contribution in [0, 0.1) is 10.1 Å². The Kier molecular flexibility index (Phi) is 4.62. The highest BCUT2D eigenvalue weighted by Gasteiger charge is 2.50. The van der Waals surface area contributed by atoms with Crippen LogP contribution in [0.15, 0.2) is 115 Å². The Balaban J connectivity index is 1.78. The summed E-state index contributed by atoms with van der Waals surface area (Å²) in [5, 5.41) is 12.1. The van der Waals surface area contributed by atoms with E-state index in [4.69, 9.17) is 4.98 Å². The highest BCUT2D eigenvalue weighted by molar-refractivity contribution is 5.80. The summed E-state index contributed by atoms with van der Waals surface area (Å²) in [6.07, 6.45) is 4.10. The minimum absolute atomic E-state index is 0.109. The first-order valence-electron chi connectivity index (χ1n) is 11.2. The van der Waals surface area contributed by atoms with Crippen molar-refractivity contribution in [1.82, 2.24) is 9.55 Å². The minimum Gasteiger partial charge on any atom is -0.302 e. The summed E-state index contributed by atoms with van der Waals surface area (Å²) >= 11 is 0. The molecule has 0 fully saturated rings. The van der Waals surface area contributed by atoms with Gasteiger partial charge in [-0.05, 0) is 23.3 Å². The van der Waals surface area contributed by atoms with Gasteiger partial charge in [0, 0.05) is 23.7 Å². The molecule has 0 N–H and O–H groups in total. The van der Waals surface area contributed by atoms with Gasteiger partial charge in [-0.1, -0.05) is 97.1 Å². The third kappa shape index (κ3) is 2.83. The number of nitro benzene ring substituents is 1. The molecule has 0 radical (unpaired) electrons. The zero-order valence-corrected chi connectivity index (χ0v) is 18.3. The van der Waals surface area contributed by atoms with Gasteiger partial charge in [0.2, 0.25) is 0 Å². The molecular weight excluding hydrogens is 422 g/mol. The number of benzene rings is 4. The van der Waals surface area contributed by atoms with E-state index in [9.17, 15) is 10.1 Å². The summed E-state index contributed by atoms with van der Waals surface area (Å²) in [6, 6.07) is 35.5. The van der Waals surface area contributed by atoms with Crippen LogP contribution in [0.2, 0.25) is 0 Å². The summed E-state index contributed by atoms with van der Waals surface area (Å²) in [7, 11) is 0.